The van der Waals surface area contributed by atoms with Crippen molar-refractivity contribution < 1.29 is 19.0 Å². The molecule has 3 nitrogen and oxygen atoms in total. The van der Waals surface area contributed by atoms with Gasteiger partial charge in [0.15, 0.2) is 5.79 Å². The van der Waals surface area contributed by atoms with Gasteiger partial charge in [0.25, 0.3) is 0 Å². The van der Waals surface area contributed by atoms with Crippen molar-refractivity contribution in [2.45, 2.75) is 45.0 Å². The van der Waals surface area contributed by atoms with Crippen LogP contribution in [0.25, 0.3) is 0 Å². The number of aromatic hydroxyl groups is 1. The lowest BCUT2D eigenvalue weighted by Crippen LogP contribution is -2.21. The zero-order chi connectivity index (χ0) is 13.2. The summed E-state index contributed by atoms with van der Waals surface area (Å²) in [5.74, 6) is -0.657. The average Bonchev–Trinajstić information content (AvgIpc) is 2.63. The van der Waals surface area contributed by atoms with Gasteiger partial charge in [-0.15, -0.1) is 0 Å². The minimum absolute atomic E-state index is 0.0932. The molecule has 0 bridgehead atoms. The van der Waals surface area contributed by atoms with E-state index in [2.05, 4.69) is 0 Å². The number of hydrogen-bond donors (Lipinski definition) is 1. The van der Waals surface area contributed by atoms with Crippen LogP contribution in [0.4, 0.5) is 4.39 Å². The Morgan fingerprint density at radius 1 is 1.44 bits per heavy atom. The van der Waals surface area contributed by atoms with Crippen molar-refractivity contribution in [2.24, 2.45) is 0 Å². The molecule has 1 aromatic rings. The number of hydrogen-bond acceptors (Lipinski definition) is 3. The maximum absolute atomic E-state index is 13.0. The standard InChI is InChI=1S/C14H19FO3/c1-14(2)17-9-12(18-14)5-3-4-10-8-11(15)6-7-13(10)16/h6-8,12,16H,3-5,9H2,1-2H3/t12-/m0/s1. The predicted octanol–water partition coefficient (Wildman–Crippen LogP) is 3.01. The van der Waals surface area contributed by atoms with Gasteiger partial charge < -0.3 is 14.6 Å². The zero-order valence-corrected chi connectivity index (χ0v) is 10.8. The largest absolute Gasteiger partial charge is 0.508 e. The van der Waals surface area contributed by atoms with Gasteiger partial charge >= 0.3 is 0 Å². The molecule has 1 aliphatic heterocycles. The third kappa shape index (κ3) is 3.43. The van der Waals surface area contributed by atoms with Crippen LogP contribution in [0, 0.1) is 5.82 Å². The van der Waals surface area contributed by atoms with E-state index in [0.717, 1.165) is 12.8 Å². The SMILES string of the molecule is CC1(C)OC[C@H](CCCc2cc(F)ccc2O)O1. The fraction of sp³-hybridized carbons (Fsp3) is 0.571. The van der Waals surface area contributed by atoms with Crippen molar-refractivity contribution in [3.05, 3.63) is 29.6 Å². The number of halogens is 1. The van der Waals surface area contributed by atoms with Crippen LogP contribution in [0.5, 0.6) is 5.75 Å². The summed E-state index contributed by atoms with van der Waals surface area (Å²) in [5.41, 5.74) is 0.646. The first-order valence-electron chi connectivity index (χ1n) is 6.25. The van der Waals surface area contributed by atoms with E-state index < -0.39 is 5.79 Å². The van der Waals surface area contributed by atoms with Crippen LogP contribution in [0.1, 0.15) is 32.3 Å². The topological polar surface area (TPSA) is 38.7 Å². The molecule has 0 unspecified atom stereocenters. The molecule has 1 heterocycles. The summed E-state index contributed by atoms with van der Waals surface area (Å²) in [4.78, 5) is 0. The normalized spacial score (nSPS) is 22.3. The van der Waals surface area contributed by atoms with E-state index in [0.29, 0.717) is 18.6 Å². The second-order valence-corrected chi connectivity index (χ2v) is 5.12. The van der Waals surface area contributed by atoms with Gasteiger partial charge in [0.05, 0.1) is 12.7 Å². The first-order valence-corrected chi connectivity index (χ1v) is 6.25. The summed E-state index contributed by atoms with van der Waals surface area (Å²) in [6.45, 7) is 4.39. The van der Waals surface area contributed by atoms with E-state index in [1.165, 1.54) is 18.2 Å². The minimum Gasteiger partial charge on any atom is -0.508 e. The molecule has 18 heavy (non-hydrogen) atoms. The Morgan fingerprint density at radius 3 is 2.89 bits per heavy atom. The summed E-state index contributed by atoms with van der Waals surface area (Å²) < 4.78 is 24.2. The Morgan fingerprint density at radius 2 is 2.22 bits per heavy atom. The predicted molar refractivity (Wildman–Crippen MR) is 65.9 cm³/mol. The number of benzene rings is 1. The van der Waals surface area contributed by atoms with Crippen LogP contribution < -0.4 is 0 Å². The Hall–Kier alpha value is -1.13. The molecule has 0 spiro atoms. The van der Waals surface area contributed by atoms with Crippen LogP contribution in [0.15, 0.2) is 18.2 Å². The average molecular weight is 254 g/mol. The highest BCUT2D eigenvalue weighted by Crippen LogP contribution is 2.26. The van der Waals surface area contributed by atoms with Crippen molar-refractivity contribution in [1.82, 2.24) is 0 Å². The number of phenols is 1. The molecule has 2 rings (SSSR count). The van der Waals surface area contributed by atoms with Gasteiger partial charge in [-0.25, -0.2) is 4.39 Å². The van der Waals surface area contributed by atoms with E-state index >= 15 is 0 Å². The van der Waals surface area contributed by atoms with E-state index in [9.17, 15) is 9.50 Å². The Balaban J connectivity index is 1.80. The monoisotopic (exact) mass is 254 g/mol. The summed E-state index contributed by atoms with van der Waals surface area (Å²) in [6, 6.07) is 4.03. The second kappa shape index (κ2) is 5.24. The van der Waals surface area contributed by atoms with Crippen LogP contribution in [0.2, 0.25) is 0 Å². The summed E-state index contributed by atoms with van der Waals surface area (Å²) in [7, 11) is 0. The number of phenolic OH excluding ortho intramolecular Hbond substituents is 1. The minimum atomic E-state index is -0.494. The molecule has 100 valence electrons. The Kier molecular flexibility index (Phi) is 3.88. The summed E-state index contributed by atoms with van der Waals surface area (Å²) >= 11 is 0. The van der Waals surface area contributed by atoms with Gasteiger partial charge in [-0.05, 0) is 56.9 Å². The summed E-state index contributed by atoms with van der Waals surface area (Å²) in [6.07, 6.45) is 2.42. The molecule has 1 aromatic carbocycles. The molecule has 0 aliphatic carbocycles. The number of aryl methyl sites for hydroxylation is 1. The van der Waals surface area contributed by atoms with Crippen molar-refractivity contribution in [1.29, 1.82) is 0 Å². The Labute approximate surface area is 107 Å². The molecule has 1 atom stereocenters. The molecular formula is C14H19FO3. The molecule has 1 fully saturated rings. The maximum atomic E-state index is 13.0. The molecule has 0 saturated carbocycles. The van der Waals surface area contributed by atoms with E-state index in [4.69, 9.17) is 9.47 Å². The van der Waals surface area contributed by atoms with Crippen LogP contribution in [-0.2, 0) is 15.9 Å². The third-order valence-corrected chi connectivity index (χ3v) is 3.08. The van der Waals surface area contributed by atoms with Crippen molar-refractivity contribution in [3.63, 3.8) is 0 Å². The molecule has 1 N–H and O–H groups in total. The molecule has 4 heteroatoms. The van der Waals surface area contributed by atoms with Gasteiger partial charge in [0.2, 0.25) is 0 Å². The lowest BCUT2D eigenvalue weighted by molar-refractivity contribution is -0.139. The van der Waals surface area contributed by atoms with Crippen molar-refractivity contribution in [3.8, 4) is 5.75 Å². The van der Waals surface area contributed by atoms with Gasteiger partial charge in [-0.1, -0.05) is 0 Å². The van der Waals surface area contributed by atoms with Gasteiger partial charge in [-0.3, -0.25) is 0 Å². The molecule has 1 saturated heterocycles. The summed E-state index contributed by atoms with van der Waals surface area (Å²) in [5, 5.41) is 9.59. The number of ether oxygens (including phenoxy) is 2. The lowest BCUT2D eigenvalue weighted by Gasteiger charge is -2.17. The van der Waals surface area contributed by atoms with Crippen molar-refractivity contribution >= 4 is 0 Å². The van der Waals surface area contributed by atoms with Gasteiger partial charge in [0, 0.05) is 0 Å². The Bertz CT molecular complexity index is 418. The molecule has 0 aromatic heterocycles. The zero-order valence-electron chi connectivity index (χ0n) is 10.8. The number of rotatable bonds is 4. The highest BCUT2D eigenvalue weighted by Gasteiger charge is 2.31. The second-order valence-electron chi connectivity index (χ2n) is 5.12. The van der Waals surface area contributed by atoms with Crippen LogP contribution >= 0.6 is 0 Å². The van der Waals surface area contributed by atoms with E-state index in [1.807, 2.05) is 13.8 Å². The molecule has 0 amide bonds. The highest BCUT2D eigenvalue weighted by atomic mass is 19.1. The van der Waals surface area contributed by atoms with Crippen LogP contribution in [-0.4, -0.2) is 23.6 Å². The fourth-order valence-electron chi connectivity index (χ4n) is 2.18. The molecule has 1 aliphatic rings. The molecule has 0 radical (unpaired) electrons. The molecular weight excluding hydrogens is 235 g/mol. The first-order chi connectivity index (χ1) is 8.46. The fourth-order valence-corrected chi connectivity index (χ4v) is 2.18. The highest BCUT2D eigenvalue weighted by molar-refractivity contribution is 5.32. The van der Waals surface area contributed by atoms with Gasteiger partial charge in [-0.2, -0.15) is 0 Å². The van der Waals surface area contributed by atoms with Gasteiger partial charge in [0.1, 0.15) is 11.6 Å². The van der Waals surface area contributed by atoms with E-state index in [-0.39, 0.29) is 17.7 Å². The first kappa shape index (κ1) is 13.3. The third-order valence-electron chi connectivity index (χ3n) is 3.08. The lowest BCUT2D eigenvalue weighted by atomic mass is 10.1. The smallest absolute Gasteiger partial charge is 0.163 e. The van der Waals surface area contributed by atoms with E-state index in [1.54, 1.807) is 0 Å². The van der Waals surface area contributed by atoms with Crippen LogP contribution in [0.3, 0.4) is 0 Å². The quantitative estimate of drug-likeness (QED) is 0.897. The van der Waals surface area contributed by atoms with Crippen molar-refractivity contribution in [2.75, 3.05) is 6.61 Å². The maximum Gasteiger partial charge on any atom is 0.163 e.